The van der Waals surface area contributed by atoms with Gasteiger partial charge in [0.25, 0.3) is 0 Å². The summed E-state index contributed by atoms with van der Waals surface area (Å²) in [5.74, 6) is -2.33. The molecule has 27 heavy (non-hydrogen) atoms. The molecule has 1 rings (SSSR count). The van der Waals surface area contributed by atoms with E-state index in [0.717, 1.165) is 11.1 Å². The van der Waals surface area contributed by atoms with E-state index in [4.69, 9.17) is 9.47 Å². The second-order valence-corrected chi connectivity index (χ2v) is 7.35. The summed E-state index contributed by atoms with van der Waals surface area (Å²) < 4.78 is 10.8. The number of cyclic esters (lactones) is 1. The first-order valence-corrected chi connectivity index (χ1v) is 9.26. The van der Waals surface area contributed by atoms with Crippen LogP contribution in [0.15, 0.2) is 35.6 Å². The van der Waals surface area contributed by atoms with Crippen molar-refractivity contribution in [3.05, 3.63) is 35.6 Å². The van der Waals surface area contributed by atoms with E-state index in [2.05, 4.69) is 6.58 Å². The maximum Gasteiger partial charge on any atom is 0.316 e. The third kappa shape index (κ3) is 6.04. The van der Waals surface area contributed by atoms with Gasteiger partial charge in [-0.2, -0.15) is 0 Å². The largest absolute Gasteiger partial charge is 0.501 e. The SMILES string of the molecule is C=C1/C=C(\C)[C@H](CC)OC(=O)[C@@H](C)C(=O)[C@](O)(CO)C/C(OC)=C/[C@@H](C)C1. The molecule has 6 nitrogen and oxygen atoms in total. The predicted octanol–water partition coefficient (Wildman–Crippen LogP) is 2.70. The van der Waals surface area contributed by atoms with E-state index in [1.807, 2.05) is 26.8 Å². The Balaban J connectivity index is 3.38. The number of allylic oxidation sites excluding steroid dienone is 3. The Bertz CT molecular complexity index is 633. The molecule has 152 valence electrons. The Morgan fingerprint density at radius 1 is 1.37 bits per heavy atom. The van der Waals surface area contributed by atoms with E-state index in [1.165, 1.54) is 14.0 Å². The van der Waals surface area contributed by atoms with Gasteiger partial charge in [-0.05, 0) is 44.3 Å². The van der Waals surface area contributed by atoms with Gasteiger partial charge in [0.05, 0.1) is 19.5 Å². The van der Waals surface area contributed by atoms with Gasteiger partial charge in [0, 0.05) is 6.42 Å². The van der Waals surface area contributed by atoms with Crippen molar-refractivity contribution in [2.24, 2.45) is 11.8 Å². The van der Waals surface area contributed by atoms with Gasteiger partial charge in [-0.25, -0.2) is 0 Å². The highest BCUT2D eigenvalue weighted by Gasteiger charge is 2.42. The Kier molecular flexibility index (Phi) is 8.44. The molecule has 1 aliphatic heterocycles. The summed E-state index contributed by atoms with van der Waals surface area (Å²) in [6.45, 7) is 10.3. The normalized spacial score (nSPS) is 35.4. The molecule has 1 heterocycles. The molecule has 0 fully saturated rings. The molecular weight excluding hydrogens is 348 g/mol. The van der Waals surface area contributed by atoms with Gasteiger partial charge in [-0.3, -0.25) is 9.59 Å². The quantitative estimate of drug-likeness (QED) is 0.578. The Labute approximate surface area is 161 Å². The standard InChI is InChI=1S/C21H32O6/c1-7-18-15(4)9-13(2)8-14(3)10-17(26-6)11-21(25,12-22)19(23)16(5)20(24)27-18/h9-10,14,16,18,22,25H,2,7-8,11-12H2,1,3-6H3/b15-9+,17-10-/t14-,16-,18-,21+/m0/s1. The molecular formula is C21H32O6. The van der Waals surface area contributed by atoms with Crippen LogP contribution < -0.4 is 0 Å². The lowest BCUT2D eigenvalue weighted by atomic mass is 9.86. The molecule has 0 saturated heterocycles. The zero-order valence-corrected chi connectivity index (χ0v) is 16.9. The van der Waals surface area contributed by atoms with Gasteiger partial charge in [0.15, 0.2) is 11.4 Å². The van der Waals surface area contributed by atoms with Crippen LogP contribution in [-0.2, 0) is 19.1 Å². The van der Waals surface area contributed by atoms with E-state index >= 15 is 0 Å². The maximum atomic E-state index is 12.7. The molecule has 0 aromatic carbocycles. The highest BCUT2D eigenvalue weighted by atomic mass is 16.5. The zero-order chi connectivity index (χ0) is 20.8. The second kappa shape index (κ2) is 9.85. The topological polar surface area (TPSA) is 93.1 Å². The number of ketones is 1. The number of ether oxygens (including phenoxy) is 2. The number of carbonyl (C=O) groups excluding carboxylic acids is 2. The highest BCUT2D eigenvalue weighted by molar-refractivity contribution is 6.03. The molecule has 0 unspecified atom stereocenters. The summed E-state index contributed by atoms with van der Waals surface area (Å²) in [6.07, 6.45) is 4.19. The fourth-order valence-corrected chi connectivity index (χ4v) is 3.22. The van der Waals surface area contributed by atoms with Crippen molar-refractivity contribution in [2.45, 2.75) is 58.7 Å². The zero-order valence-electron chi connectivity index (χ0n) is 16.9. The second-order valence-electron chi connectivity index (χ2n) is 7.35. The van der Waals surface area contributed by atoms with Crippen LogP contribution in [0.25, 0.3) is 0 Å². The number of carbonyl (C=O) groups is 2. The van der Waals surface area contributed by atoms with E-state index in [1.54, 1.807) is 6.08 Å². The van der Waals surface area contributed by atoms with Gasteiger partial charge < -0.3 is 19.7 Å². The number of Topliss-reactive ketones (excluding diaryl/α,β-unsaturated/α-hetero) is 1. The van der Waals surface area contributed by atoms with Crippen molar-refractivity contribution in [1.29, 1.82) is 0 Å². The molecule has 0 bridgehead atoms. The number of aliphatic hydroxyl groups excluding tert-OH is 1. The van der Waals surface area contributed by atoms with Crippen LogP contribution in [0.3, 0.4) is 0 Å². The van der Waals surface area contributed by atoms with Gasteiger partial charge in [-0.15, -0.1) is 0 Å². The van der Waals surface area contributed by atoms with Crippen molar-refractivity contribution in [3.63, 3.8) is 0 Å². The van der Waals surface area contributed by atoms with Crippen LogP contribution >= 0.6 is 0 Å². The van der Waals surface area contributed by atoms with Gasteiger partial charge in [-0.1, -0.05) is 32.1 Å². The lowest BCUT2D eigenvalue weighted by molar-refractivity contribution is -0.162. The van der Waals surface area contributed by atoms with Crippen molar-refractivity contribution in [3.8, 4) is 0 Å². The van der Waals surface area contributed by atoms with Crippen molar-refractivity contribution in [2.75, 3.05) is 13.7 Å². The Morgan fingerprint density at radius 2 is 2.00 bits per heavy atom. The fraction of sp³-hybridized carbons (Fsp3) is 0.619. The molecule has 0 aromatic heterocycles. The summed E-state index contributed by atoms with van der Waals surface area (Å²) in [5, 5.41) is 20.4. The third-order valence-electron chi connectivity index (χ3n) is 4.82. The van der Waals surface area contributed by atoms with Crippen LogP contribution in [0.4, 0.5) is 0 Å². The lowest BCUT2D eigenvalue weighted by Gasteiger charge is -2.29. The fourth-order valence-electron chi connectivity index (χ4n) is 3.22. The van der Waals surface area contributed by atoms with Crippen molar-refractivity contribution >= 4 is 11.8 Å². The minimum Gasteiger partial charge on any atom is -0.501 e. The van der Waals surface area contributed by atoms with Crippen molar-refractivity contribution in [1.82, 2.24) is 0 Å². The van der Waals surface area contributed by atoms with Crippen LogP contribution in [0.5, 0.6) is 0 Å². The first-order chi connectivity index (χ1) is 12.6. The summed E-state index contributed by atoms with van der Waals surface area (Å²) in [5.41, 5.74) is -0.402. The average Bonchev–Trinajstić information content (AvgIpc) is 2.62. The molecule has 0 aliphatic carbocycles. The first-order valence-electron chi connectivity index (χ1n) is 9.26. The number of rotatable bonds is 3. The first kappa shape index (κ1) is 23.1. The molecule has 0 radical (unpaired) electrons. The molecule has 0 amide bonds. The van der Waals surface area contributed by atoms with Gasteiger partial charge in [0.1, 0.15) is 12.0 Å². The highest BCUT2D eigenvalue weighted by Crippen LogP contribution is 2.27. The molecule has 2 N–H and O–H groups in total. The molecule has 0 spiro atoms. The Morgan fingerprint density at radius 3 is 2.52 bits per heavy atom. The Hall–Kier alpha value is -1.92. The number of methoxy groups -OCH3 is 1. The average molecular weight is 380 g/mol. The maximum absolute atomic E-state index is 12.7. The van der Waals surface area contributed by atoms with Crippen LogP contribution in [0.1, 0.15) is 47.0 Å². The summed E-state index contributed by atoms with van der Waals surface area (Å²) in [7, 11) is 1.44. The van der Waals surface area contributed by atoms with E-state index in [9.17, 15) is 19.8 Å². The van der Waals surface area contributed by atoms with E-state index < -0.39 is 36.0 Å². The minimum atomic E-state index is -2.12. The number of esters is 1. The summed E-state index contributed by atoms with van der Waals surface area (Å²) >= 11 is 0. The van der Waals surface area contributed by atoms with Crippen LogP contribution in [0, 0.1) is 11.8 Å². The van der Waals surface area contributed by atoms with Crippen molar-refractivity contribution < 1.29 is 29.3 Å². The van der Waals surface area contributed by atoms with E-state index in [-0.39, 0.29) is 12.3 Å². The van der Waals surface area contributed by atoms with Gasteiger partial charge >= 0.3 is 5.97 Å². The van der Waals surface area contributed by atoms with Crippen LogP contribution in [0.2, 0.25) is 0 Å². The predicted molar refractivity (Wildman–Crippen MR) is 103 cm³/mol. The molecule has 0 aromatic rings. The molecule has 4 atom stereocenters. The molecule has 0 saturated carbocycles. The lowest BCUT2D eigenvalue weighted by Crippen LogP contribution is -2.48. The van der Waals surface area contributed by atoms with Gasteiger partial charge in [0.2, 0.25) is 0 Å². The molecule has 6 heteroatoms. The third-order valence-corrected chi connectivity index (χ3v) is 4.82. The number of aliphatic hydroxyl groups is 2. The number of hydrogen-bond donors (Lipinski definition) is 2. The summed E-state index contributed by atoms with van der Waals surface area (Å²) in [6, 6.07) is 0. The molecule has 1 aliphatic rings. The summed E-state index contributed by atoms with van der Waals surface area (Å²) in [4.78, 5) is 25.2. The monoisotopic (exact) mass is 380 g/mol. The van der Waals surface area contributed by atoms with Crippen LogP contribution in [-0.4, -0.2) is 47.4 Å². The van der Waals surface area contributed by atoms with E-state index in [0.29, 0.717) is 18.6 Å². The smallest absolute Gasteiger partial charge is 0.316 e. The minimum absolute atomic E-state index is 0.0394. The number of hydrogen-bond acceptors (Lipinski definition) is 6.